The van der Waals surface area contributed by atoms with Crippen LogP contribution in [0.4, 0.5) is 0 Å². The van der Waals surface area contributed by atoms with Gasteiger partial charge in [0.1, 0.15) is 19.3 Å². The first-order valence-electron chi connectivity index (χ1n) is 14.7. The molecule has 230 valence electrons. The molecule has 0 saturated heterocycles. The van der Waals surface area contributed by atoms with Crippen LogP contribution in [0.3, 0.4) is 0 Å². The number of nitrogens with one attached hydrogen (secondary N) is 2. The zero-order valence-corrected chi connectivity index (χ0v) is 25.1. The highest BCUT2D eigenvalue weighted by atomic mass is 16.5. The van der Waals surface area contributed by atoms with Crippen molar-refractivity contribution in [2.45, 2.75) is 52.2 Å². The van der Waals surface area contributed by atoms with Gasteiger partial charge in [-0.1, -0.05) is 111 Å². The lowest BCUT2D eigenvalue weighted by Crippen LogP contribution is -2.53. The van der Waals surface area contributed by atoms with E-state index >= 15 is 0 Å². The maximum atomic E-state index is 13.7. The third kappa shape index (κ3) is 10.3. The third-order valence-corrected chi connectivity index (χ3v) is 7.00. The second-order valence-corrected chi connectivity index (χ2v) is 10.8. The monoisotopic (exact) mass is 596 g/mol. The predicted octanol–water partition coefficient (Wildman–Crippen LogP) is 5.53. The smallest absolute Gasteiger partial charge is 0.329 e. The van der Waals surface area contributed by atoms with E-state index in [2.05, 4.69) is 10.6 Å². The Morgan fingerprint density at radius 3 is 1.89 bits per heavy atom. The van der Waals surface area contributed by atoms with E-state index in [1.807, 2.05) is 105 Å². The van der Waals surface area contributed by atoms with E-state index in [4.69, 9.17) is 14.2 Å². The van der Waals surface area contributed by atoms with Crippen LogP contribution >= 0.6 is 0 Å². The van der Waals surface area contributed by atoms with Gasteiger partial charge in [0.2, 0.25) is 5.91 Å². The summed E-state index contributed by atoms with van der Waals surface area (Å²) in [5.74, 6) is -0.758. The zero-order valence-electron chi connectivity index (χ0n) is 25.1. The fourth-order valence-electron chi connectivity index (χ4n) is 4.50. The van der Waals surface area contributed by atoms with E-state index < -0.39 is 18.1 Å². The van der Waals surface area contributed by atoms with E-state index in [0.29, 0.717) is 12.4 Å². The van der Waals surface area contributed by atoms with Crippen LogP contribution in [0.2, 0.25) is 0 Å². The summed E-state index contributed by atoms with van der Waals surface area (Å²) in [5, 5.41) is 16.5. The molecule has 0 heterocycles. The van der Waals surface area contributed by atoms with E-state index in [9.17, 15) is 14.7 Å². The summed E-state index contributed by atoms with van der Waals surface area (Å²) in [7, 11) is 0. The van der Waals surface area contributed by atoms with Gasteiger partial charge in [0.15, 0.2) is 11.5 Å². The molecule has 44 heavy (non-hydrogen) atoms. The molecule has 0 spiro atoms. The highest BCUT2D eigenvalue weighted by molar-refractivity contribution is 5.88. The number of hydrogen-bond acceptors (Lipinski definition) is 7. The minimum absolute atomic E-state index is 0.00543. The number of carbonyl (C=O) groups is 2. The first kappa shape index (κ1) is 32.3. The van der Waals surface area contributed by atoms with Crippen molar-refractivity contribution in [3.8, 4) is 11.5 Å². The minimum atomic E-state index is -0.842. The van der Waals surface area contributed by atoms with E-state index in [1.165, 1.54) is 0 Å². The van der Waals surface area contributed by atoms with Crippen LogP contribution in [0.5, 0.6) is 11.5 Å². The molecule has 0 unspecified atom stereocenters. The average molecular weight is 597 g/mol. The average Bonchev–Trinajstić information content (AvgIpc) is 3.05. The summed E-state index contributed by atoms with van der Waals surface area (Å²) < 4.78 is 17.2. The van der Waals surface area contributed by atoms with Gasteiger partial charge in [-0.15, -0.1) is 0 Å². The molecule has 2 atom stereocenters. The van der Waals surface area contributed by atoms with Crippen LogP contribution in [0.1, 0.15) is 36.1 Å². The topological polar surface area (TPSA) is 106 Å². The molecule has 1 amide bonds. The van der Waals surface area contributed by atoms with Gasteiger partial charge in [-0.05, 0) is 46.7 Å². The first-order valence-corrected chi connectivity index (χ1v) is 14.7. The highest BCUT2D eigenvalue weighted by Gasteiger charge is 2.29. The summed E-state index contributed by atoms with van der Waals surface area (Å²) in [6, 6.07) is 32.2. The van der Waals surface area contributed by atoms with Crippen LogP contribution in [0.15, 0.2) is 109 Å². The van der Waals surface area contributed by atoms with Crippen molar-refractivity contribution in [1.82, 2.24) is 10.6 Å². The molecule has 0 aliphatic carbocycles. The Morgan fingerprint density at radius 2 is 1.30 bits per heavy atom. The molecule has 0 radical (unpaired) electrons. The number of carbonyl (C=O) groups excluding carboxylic acids is 2. The summed E-state index contributed by atoms with van der Waals surface area (Å²) in [6.07, 6.45) is 0.256. The zero-order chi connectivity index (χ0) is 31.1. The number of esters is 1. The number of aromatic hydroxyl groups is 1. The highest BCUT2D eigenvalue weighted by Crippen LogP contribution is 2.28. The Hall–Kier alpha value is -4.66. The van der Waals surface area contributed by atoms with Crippen molar-refractivity contribution in [2.75, 3.05) is 6.73 Å². The standard InChI is InChI=1S/C36H40N2O6/c1-26(2)34(36(41)44-24-29-16-10-5-11-17-29)38-35(40)31(37-25-42-22-27-12-6-3-7-13-27)20-30-18-19-32(39)33(21-30)43-23-28-14-8-4-9-15-28/h3-19,21,26,31,34,37,39H,20,22-25H2,1-2H3,(H,38,40)/t31-,34-/m0/s1. The first-order chi connectivity index (χ1) is 21.4. The molecule has 4 aromatic carbocycles. The summed E-state index contributed by atoms with van der Waals surface area (Å²) in [6.45, 7) is 4.60. The van der Waals surface area contributed by atoms with Gasteiger partial charge in [-0.3, -0.25) is 10.1 Å². The van der Waals surface area contributed by atoms with E-state index in [0.717, 1.165) is 22.3 Å². The number of ether oxygens (including phenoxy) is 3. The van der Waals surface area contributed by atoms with Gasteiger partial charge in [-0.25, -0.2) is 4.79 Å². The van der Waals surface area contributed by atoms with E-state index in [1.54, 1.807) is 18.2 Å². The number of hydrogen-bond donors (Lipinski definition) is 3. The fraction of sp³-hybridized carbons (Fsp3) is 0.278. The largest absolute Gasteiger partial charge is 0.504 e. The molecule has 0 aliphatic heterocycles. The number of rotatable bonds is 16. The SMILES string of the molecule is CC(C)[C@H](NC(=O)[C@H](Cc1ccc(O)c(OCc2ccccc2)c1)NCOCc1ccccc1)C(=O)OCc1ccccc1. The Kier molecular flexibility index (Phi) is 12.3. The third-order valence-electron chi connectivity index (χ3n) is 7.00. The van der Waals surface area contributed by atoms with Crippen LogP contribution in [0, 0.1) is 5.92 Å². The molecule has 0 bridgehead atoms. The van der Waals surface area contributed by atoms with Crippen molar-refractivity contribution in [1.29, 1.82) is 0 Å². The van der Waals surface area contributed by atoms with Crippen LogP contribution in [0.25, 0.3) is 0 Å². The van der Waals surface area contributed by atoms with Gasteiger partial charge >= 0.3 is 5.97 Å². The molecule has 0 fully saturated rings. The van der Waals surface area contributed by atoms with Gasteiger partial charge in [-0.2, -0.15) is 0 Å². The fourth-order valence-corrected chi connectivity index (χ4v) is 4.50. The van der Waals surface area contributed by atoms with E-state index in [-0.39, 0.29) is 43.9 Å². The Labute approximate surface area is 259 Å². The molecule has 0 aliphatic rings. The number of benzene rings is 4. The molecule has 0 aromatic heterocycles. The molecule has 8 nitrogen and oxygen atoms in total. The Bertz CT molecular complexity index is 1450. The van der Waals surface area contributed by atoms with Gasteiger partial charge in [0.25, 0.3) is 0 Å². The molecule has 8 heteroatoms. The molecule has 4 aromatic rings. The Balaban J connectivity index is 1.44. The van der Waals surface area contributed by atoms with Crippen LogP contribution in [-0.4, -0.2) is 35.8 Å². The second-order valence-electron chi connectivity index (χ2n) is 10.8. The summed E-state index contributed by atoms with van der Waals surface area (Å²) >= 11 is 0. The number of amides is 1. The molecular weight excluding hydrogens is 556 g/mol. The number of phenols is 1. The van der Waals surface area contributed by atoms with Crippen LogP contribution in [-0.2, 0) is 45.3 Å². The van der Waals surface area contributed by atoms with Gasteiger partial charge < -0.3 is 24.6 Å². The molecule has 3 N–H and O–H groups in total. The molecular formula is C36H40N2O6. The maximum Gasteiger partial charge on any atom is 0.329 e. The summed E-state index contributed by atoms with van der Waals surface area (Å²) in [5.41, 5.74) is 3.59. The normalized spacial score (nSPS) is 12.3. The van der Waals surface area contributed by atoms with Gasteiger partial charge in [0.05, 0.1) is 19.4 Å². The van der Waals surface area contributed by atoms with Crippen molar-refractivity contribution < 1.29 is 28.9 Å². The van der Waals surface area contributed by atoms with Gasteiger partial charge in [0, 0.05) is 0 Å². The maximum absolute atomic E-state index is 13.7. The minimum Gasteiger partial charge on any atom is -0.504 e. The second kappa shape index (κ2) is 16.8. The lowest BCUT2D eigenvalue weighted by atomic mass is 10.0. The van der Waals surface area contributed by atoms with Crippen molar-refractivity contribution in [2.24, 2.45) is 5.92 Å². The number of phenolic OH excluding ortho intramolecular Hbond substituents is 1. The lowest BCUT2D eigenvalue weighted by Gasteiger charge is -2.25. The molecule has 0 saturated carbocycles. The van der Waals surface area contributed by atoms with Crippen molar-refractivity contribution in [3.63, 3.8) is 0 Å². The Morgan fingerprint density at radius 1 is 0.727 bits per heavy atom. The van der Waals surface area contributed by atoms with Crippen LogP contribution < -0.4 is 15.4 Å². The predicted molar refractivity (Wildman–Crippen MR) is 169 cm³/mol. The molecule has 4 rings (SSSR count). The summed E-state index contributed by atoms with van der Waals surface area (Å²) in [4.78, 5) is 26.7. The van der Waals surface area contributed by atoms with Crippen molar-refractivity contribution >= 4 is 11.9 Å². The van der Waals surface area contributed by atoms with Crippen molar-refractivity contribution in [3.05, 3.63) is 131 Å². The lowest BCUT2D eigenvalue weighted by molar-refractivity contribution is -0.150. The quantitative estimate of drug-likeness (QED) is 0.0887.